The van der Waals surface area contributed by atoms with E-state index in [1.54, 1.807) is 0 Å². The van der Waals surface area contributed by atoms with Gasteiger partial charge in [-0.25, -0.2) is 0 Å². The number of alkyl halides is 3. The maximum atomic E-state index is 12.7. The Labute approximate surface area is 128 Å². The van der Waals surface area contributed by atoms with Crippen molar-refractivity contribution in [1.82, 2.24) is 0 Å². The molecule has 0 fully saturated rings. The molecular weight excluding hydrogens is 311 g/mol. The largest absolute Gasteiger partial charge is 0.508 e. The summed E-state index contributed by atoms with van der Waals surface area (Å²) in [6.45, 7) is 0. The predicted octanol–water partition coefficient (Wildman–Crippen LogP) is 3.61. The maximum absolute atomic E-state index is 12.7. The highest BCUT2D eigenvalue weighted by atomic mass is 19.4. The minimum absolute atomic E-state index is 0.0516. The molecule has 0 spiro atoms. The number of phenolic OH excluding ortho intramolecular Hbond substituents is 2. The molecule has 2 aromatic carbocycles. The van der Waals surface area contributed by atoms with E-state index in [1.807, 2.05) is 0 Å². The van der Waals surface area contributed by atoms with Crippen LogP contribution in [0.4, 0.5) is 18.9 Å². The van der Waals surface area contributed by atoms with Gasteiger partial charge in [-0.15, -0.1) is 0 Å². The topological polar surface area (TPSA) is 69.6 Å². The third kappa shape index (κ3) is 2.73. The van der Waals surface area contributed by atoms with Crippen molar-refractivity contribution in [2.75, 3.05) is 5.32 Å². The molecule has 118 valence electrons. The second-order valence-corrected chi connectivity index (χ2v) is 5.01. The van der Waals surface area contributed by atoms with E-state index in [2.05, 4.69) is 5.32 Å². The van der Waals surface area contributed by atoms with Crippen molar-refractivity contribution < 1.29 is 28.2 Å². The first-order valence-electron chi connectivity index (χ1n) is 6.52. The van der Waals surface area contributed by atoms with Crippen LogP contribution in [0.25, 0.3) is 11.6 Å². The Morgan fingerprint density at radius 1 is 1.04 bits per heavy atom. The number of halogens is 3. The average molecular weight is 321 g/mol. The lowest BCUT2D eigenvalue weighted by Crippen LogP contribution is -2.06. The van der Waals surface area contributed by atoms with Gasteiger partial charge in [0.1, 0.15) is 11.5 Å². The van der Waals surface area contributed by atoms with Crippen LogP contribution in [0.3, 0.4) is 0 Å². The van der Waals surface area contributed by atoms with Gasteiger partial charge in [-0.3, -0.25) is 4.79 Å². The second kappa shape index (κ2) is 5.05. The molecule has 0 aromatic heterocycles. The third-order valence-corrected chi connectivity index (χ3v) is 3.44. The molecule has 1 amide bonds. The molecule has 7 heteroatoms. The standard InChI is InChI=1S/C16H10F3NO3/c17-16(18,19)9-1-3-11-12(15(23)20-13(11)7-9)6-8-5-10(21)2-4-14(8)22/h1-7,21-22H,(H,20,23)/b12-6+. The summed E-state index contributed by atoms with van der Waals surface area (Å²) in [4.78, 5) is 12.0. The van der Waals surface area contributed by atoms with Gasteiger partial charge < -0.3 is 15.5 Å². The maximum Gasteiger partial charge on any atom is 0.416 e. The predicted molar refractivity (Wildman–Crippen MR) is 77.7 cm³/mol. The number of hydrogen-bond donors (Lipinski definition) is 3. The van der Waals surface area contributed by atoms with Crippen LogP contribution in [-0.2, 0) is 11.0 Å². The molecular formula is C16H10F3NO3. The number of amides is 1. The SMILES string of the molecule is O=C1Nc2cc(C(F)(F)F)ccc2/C1=C\c1cc(O)ccc1O. The first-order chi connectivity index (χ1) is 10.8. The summed E-state index contributed by atoms with van der Waals surface area (Å²) < 4.78 is 38.1. The molecule has 2 aromatic rings. The molecule has 0 atom stereocenters. The van der Waals surface area contributed by atoms with Crippen molar-refractivity contribution in [3.05, 3.63) is 53.1 Å². The van der Waals surface area contributed by atoms with Crippen LogP contribution < -0.4 is 5.32 Å². The molecule has 1 aliphatic heterocycles. The Hall–Kier alpha value is -2.96. The Balaban J connectivity index is 2.09. The smallest absolute Gasteiger partial charge is 0.416 e. The molecule has 4 nitrogen and oxygen atoms in total. The number of carbonyl (C=O) groups excluding carboxylic acids is 1. The lowest BCUT2D eigenvalue weighted by Gasteiger charge is -2.08. The molecule has 0 radical (unpaired) electrons. The molecule has 0 bridgehead atoms. The monoisotopic (exact) mass is 321 g/mol. The number of phenols is 2. The summed E-state index contributed by atoms with van der Waals surface area (Å²) in [5.41, 5.74) is -0.225. The molecule has 1 aliphatic rings. The number of carbonyl (C=O) groups is 1. The quantitative estimate of drug-likeness (QED) is 0.555. The Morgan fingerprint density at radius 2 is 1.78 bits per heavy atom. The van der Waals surface area contributed by atoms with E-state index in [0.29, 0.717) is 5.56 Å². The summed E-state index contributed by atoms with van der Waals surface area (Å²) in [6, 6.07) is 6.71. The molecule has 0 saturated heterocycles. The average Bonchev–Trinajstić information content (AvgIpc) is 2.77. The fourth-order valence-electron chi connectivity index (χ4n) is 2.33. The first-order valence-corrected chi connectivity index (χ1v) is 6.52. The number of anilines is 1. The van der Waals surface area contributed by atoms with Gasteiger partial charge >= 0.3 is 6.18 Å². The number of hydrogen-bond acceptors (Lipinski definition) is 3. The van der Waals surface area contributed by atoms with Crippen LogP contribution in [0.5, 0.6) is 11.5 Å². The van der Waals surface area contributed by atoms with Crippen molar-refractivity contribution in [3.63, 3.8) is 0 Å². The van der Waals surface area contributed by atoms with Gasteiger partial charge in [0.2, 0.25) is 0 Å². The van der Waals surface area contributed by atoms with E-state index in [1.165, 1.54) is 30.3 Å². The number of aromatic hydroxyl groups is 2. The van der Waals surface area contributed by atoms with Crippen LogP contribution in [-0.4, -0.2) is 16.1 Å². The minimum Gasteiger partial charge on any atom is -0.508 e. The van der Waals surface area contributed by atoms with Crippen molar-refractivity contribution in [2.24, 2.45) is 0 Å². The lowest BCUT2D eigenvalue weighted by molar-refractivity contribution is -0.137. The number of benzene rings is 2. The number of fused-ring (bicyclic) bond motifs is 1. The zero-order valence-corrected chi connectivity index (χ0v) is 11.5. The third-order valence-electron chi connectivity index (χ3n) is 3.44. The van der Waals surface area contributed by atoms with Gasteiger partial charge in [-0.1, -0.05) is 6.07 Å². The summed E-state index contributed by atoms with van der Waals surface area (Å²) in [7, 11) is 0. The van der Waals surface area contributed by atoms with Gasteiger partial charge in [-0.05, 0) is 36.4 Å². The van der Waals surface area contributed by atoms with E-state index in [-0.39, 0.29) is 28.3 Å². The van der Waals surface area contributed by atoms with Gasteiger partial charge in [0.15, 0.2) is 0 Å². The van der Waals surface area contributed by atoms with Crippen molar-refractivity contribution >= 4 is 23.2 Å². The minimum atomic E-state index is -4.50. The molecule has 0 saturated carbocycles. The normalized spacial score (nSPS) is 15.6. The van der Waals surface area contributed by atoms with Gasteiger partial charge in [0.25, 0.3) is 5.91 Å². The second-order valence-electron chi connectivity index (χ2n) is 5.01. The van der Waals surface area contributed by atoms with Crippen LogP contribution in [0.1, 0.15) is 16.7 Å². The van der Waals surface area contributed by atoms with E-state index >= 15 is 0 Å². The van der Waals surface area contributed by atoms with E-state index in [0.717, 1.165) is 12.1 Å². The van der Waals surface area contributed by atoms with Gasteiger partial charge in [0.05, 0.1) is 5.56 Å². The Morgan fingerprint density at radius 3 is 2.48 bits per heavy atom. The number of nitrogens with one attached hydrogen (secondary N) is 1. The van der Waals surface area contributed by atoms with Crippen molar-refractivity contribution in [3.8, 4) is 11.5 Å². The highest BCUT2D eigenvalue weighted by Gasteiger charge is 2.33. The zero-order valence-electron chi connectivity index (χ0n) is 11.5. The van der Waals surface area contributed by atoms with E-state index in [9.17, 15) is 28.2 Å². The fourth-order valence-corrected chi connectivity index (χ4v) is 2.33. The van der Waals surface area contributed by atoms with E-state index in [4.69, 9.17) is 0 Å². The fraction of sp³-hybridized carbons (Fsp3) is 0.0625. The summed E-state index contributed by atoms with van der Waals surface area (Å²) in [5.74, 6) is -0.855. The molecule has 1 heterocycles. The van der Waals surface area contributed by atoms with Gasteiger partial charge in [-0.2, -0.15) is 13.2 Å². The summed E-state index contributed by atoms with van der Waals surface area (Å²) in [5, 5.41) is 21.5. The highest BCUT2D eigenvalue weighted by Crippen LogP contribution is 2.39. The molecule has 3 rings (SSSR count). The number of rotatable bonds is 1. The highest BCUT2D eigenvalue weighted by molar-refractivity contribution is 6.35. The van der Waals surface area contributed by atoms with Crippen molar-refractivity contribution in [2.45, 2.75) is 6.18 Å². The molecule has 3 N–H and O–H groups in total. The summed E-state index contributed by atoms with van der Waals surface area (Å²) >= 11 is 0. The Kier molecular flexibility index (Phi) is 3.28. The molecule has 0 unspecified atom stereocenters. The van der Waals surface area contributed by atoms with Crippen LogP contribution in [0.2, 0.25) is 0 Å². The van der Waals surface area contributed by atoms with Crippen LogP contribution >= 0.6 is 0 Å². The van der Waals surface area contributed by atoms with Crippen molar-refractivity contribution in [1.29, 1.82) is 0 Å². The zero-order chi connectivity index (χ0) is 16.8. The molecule has 23 heavy (non-hydrogen) atoms. The van der Waals surface area contributed by atoms with Crippen LogP contribution in [0, 0.1) is 0 Å². The van der Waals surface area contributed by atoms with Gasteiger partial charge in [0, 0.05) is 22.4 Å². The summed E-state index contributed by atoms with van der Waals surface area (Å²) in [6.07, 6.45) is -3.20. The lowest BCUT2D eigenvalue weighted by atomic mass is 10.0. The van der Waals surface area contributed by atoms with Crippen LogP contribution in [0.15, 0.2) is 36.4 Å². The van der Waals surface area contributed by atoms with E-state index < -0.39 is 17.6 Å². The first kappa shape index (κ1) is 15.0. The Bertz CT molecular complexity index is 841. The molecule has 0 aliphatic carbocycles.